The first kappa shape index (κ1) is 18.5. The lowest BCUT2D eigenvalue weighted by molar-refractivity contribution is -0.139. The normalized spacial score (nSPS) is 22.3. The van der Waals surface area contributed by atoms with Crippen LogP contribution in [0.3, 0.4) is 0 Å². The summed E-state index contributed by atoms with van der Waals surface area (Å²) < 4.78 is 41.8. The molecule has 1 aliphatic carbocycles. The molecule has 2 aromatic carbocycles. The third-order valence-corrected chi connectivity index (χ3v) is 5.10. The third-order valence-electron chi connectivity index (χ3n) is 5.10. The fourth-order valence-corrected chi connectivity index (χ4v) is 3.57. The molecule has 1 N–H and O–H groups in total. The molecule has 4 rings (SSSR count). The zero-order valence-corrected chi connectivity index (χ0v) is 15.6. The average molecular weight is 390 g/mol. The lowest BCUT2D eigenvalue weighted by Crippen LogP contribution is -2.12. The predicted octanol–water partition coefficient (Wildman–Crippen LogP) is 4.94. The highest BCUT2D eigenvalue weighted by atomic mass is 19.3. The number of alkyl halides is 2. The highest BCUT2D eigenvalue weighted by molar-refractivity contribution is 5.79. The molecular formula is C21H20F2O5. The topological polar surface area (TPSA) is 65.0 Å². The third kappa shape index (κ3) is 3.25. The van der Waals surface area contributed by atoms with Gasteiger partial charge in [0.15, 0.2) is 11.5 Å². The molecule has 28 heavy (non-hydrogen) atoms. The minimum atomic E-state index is -2.97. The Morgan fingerprint density at radius 1 is 1.14 bits per heavy atom. The molecule has 2 aliphatic rings. The van der Waals surface area contributed by atoms with E-state index in [1.807, 2.05) is 26.8 Å². The number of fused-ring (bicyclic) bond motifs is 3. The van der Waals surface area contributed by atoms with Crippen LogP contribution in [0.1, 0.15) is 37.8 Å². The van der Waals surface area contributed by atoms with E-state index in [0.717, 1.165) is 11.1 Å². The summed E-state index contributed by atoms with van der Waals surface area (Å²) in [5.74, 6) is -0.422. The molecule has 2 aromatic rings. The van der Waals surface area contributed by atoms with E-state index >= 15 is 0 Å². The molecule has 148 valence electrons. The van der Waals surface area contributed by atoms with E-state index in [-0.39, 0.29) is 28.9 Å². The summed E-state index contributed by atoms with van der Waals surface area (Å²) in [6.07, 6.45) is -0.341. The van der Waals surface area contributed by atoms with Crippen molar-refractivity contribution in [1.82, 2.24) is 0 Å². The van der Waals surface area contributed by atoms with Crippen LogP contribution in [0.25, 0.3) is 0 Å². The first-order chi connectivity index (χ1) is 13.1. The zero-order valence-electron chi connectivity index (χ0n) is 15.6. The van der Waals surface area contributed by atoms with Crippen molar-refractivity contribution < 1.29 is 32.9 Å². The molecule has 0 radical (unpaired) electrons. The van der Waals surface area contributed by atoms with Crippen LogP contribution in [0.2, 0.25) is 0 Å². The SMILES string of the molecule is CC(C)(C)c1ccc(Oc2ccc3c(c2)O[C@H]2C(C(=O)O)C32)c(OC(F)F)c1. The van der Waals surface area contributed by atoms with Crippen molar-refractivity contribution >= 4 is 5.97 Å². The van der Waals surface area contributed by atoms with E-state index in [9.17, 15) is 13.6 Å². The molecular weight excluding hydrogens is 370 g/mol. The van der Waals surface area contributed by atoms with E-state index in [4.69, 9.17) is 14.6 Å². The fourth-order valence-electron chi connectivity index (χ4n) is 3.57. The molecule has 7 heteroatoms. The molecule has 0 saturated heterocycles. The van der Waals surface area contributed by atoms with Gasteiger partial charge in [-0.3, -0.25) is 4.79 Å². The Labute approximate surface area is 160 Å². The summed E-state index contributed by atoms with van der Waals surface area (Å²) in [7, 11) is 0. The number of hydrogen-bond acceptors (Lipinski definition) is 4. The summed E-state index contributed by atoms with van der Waals surface area (Å²) in [5.41, 5.74) is 1.44. The van der Waals surface area contributed by atoms with Gasteiger partial charge in [0.2, 0.25) is 0 Å². The maximum Gasteiger partial charge on any atom is 0.387 e. The second-order valence-corrected chi connectivity index (χ2v) is 8.06. The van der Waals surface area contributed by atoms with Gasteiger partial charge < -0.3 is 19.3 Å². The number of carboxylic acid groups (broad SMARTS) is 1. The van der Waals surface area contributed by atoms with Gasteiger partial charge in [0, 0.05) is 17.5 Å². The molecule has 3 atom stereocenters. The van der Waals surface area contributed by atoms with Crippen LogP contribution in [-0.2, 0) is 10.2 Å². The van der Waals surface area contributed by atoms with Gasteiger partial charge in [0.05, 0.1) is 0 Å². The first-order valence-electron chi connectivity index (χ1n) is 8.96. The summed E-state index contributed by atoms with van der Waals surface area (Å²) in [5, 5.41) is 9.14. The van der Waals surface area contributed by atoms with Crippen molar-refractivity contribution in [3.05, 3.63) is 47.5 Å². The van der Waals surface area contributed by atoms with Crippen LogP contribution in [0.15, 0.2) is 36.4 Å². The second kappa shape index (κ2) is 6.36. The number of ether oxygens (including phenoxy) is 3. The van der Waals surface area contributed by atoms with E-state index in [1.54, 1.807) is 30.3 Å². The van der Waals surface area contributed by atoms with Gasteiger partial charge in [-0.1, -0.05) is 32.9 Å². The molecule has 0 bridgehead atoms. The molecule has 0 amide bonds. The molecule has 0 aromatic heterocycles. The Hall–Kier alpha value is -2.83. The van der Waals surface area contributed by atoms with E-state index < -0.39 is 18.5 Å². The van der Waals surface area contributed by atoms with E-state index in [2.05, 4.69) is 4.74 Å². The van der Waals surface area contributed by atoms with Crippen LogP contribution in [0.4, 0.5) is 8.78 Å². The largest absolute Gasteiger partial charge is 0.488 e. The van der Waals surface area contributed by atoms with E-state index in [1.165, 1.54) is 0 Å². The van der Waals surface area contributed by atoms with Crippen LogP contribution < -0.4 is 14.2 Å². The van der Waals surface area contributed by atoms with Crippen molar-refractivity contribution in [3.8, 4) is 23.0 Å². The van der Waals surface area contributed by atoms with Crippen molar-refractivity contribution in [2.45, 2.75) is 44.8 Å². The van der Waals surface area contributed by atoms with Gasteiger partial charge in [-0.2, -0.15) is 8.78 Å². The Morgan fingerprint density at radius 3 is 2.54 bits per heavy atom. The van der Waals surface area contributed by atoms with Gasteiger partial charge >= 0.3 is 12.6 Å². The van der Waals surface area contributed by atoms with Crippen LogP contribution in [0, 0.1) is 5.92 Å². The quantitative estimate of drug-likeness (QED) is 0.784. The number of rotatable bonds is 5. The number of hydrogen-bond donors (Lipinski definition) is 1. The second-order valence-electron chi connectivity index (χ2n) is 8.06. The molecule has 1 saturated carbocycles. The molecule has 1 heterocycles. The van der Waals surface area contributed by atoms with Crippen molar-refractivity contribution in [1.29, 1.82) is 0 Å². The Morgan fingerprint density at radius 2 is 1.89 bits per heavy atom. The number of carbonyl (C=O) groups is 1. The Kier molecular flexibility index (Phi) is 4.21. The van der Waals surface area contributed by atoms with Gasteiger partial charge in [0.25, 0.3) is 0 Å². The van der Waals surface area contributed by atoms with Gasteiger partial charge in [-0.05, 0) is 29.2 Å². The van der Waals surface area contributed by atoms with Gasteiger partial charge in [0.1, 0.15) is 23.5 Å². The molecule has 1 aliphatic heterocycles. The van der Waals surface area contributed by atoms with Crippen LogP contribution in [0.5, 0.6) is 23.0 Å². The summed E-state index contributed by atoms with van der Waals surface area (Å²) in [4.78, 5) is 11.1. The molecule has 2 unspecified atom stereocenters. The van der Waals surface area contributed by atoms with Crippen molar-refractivity contribution in [3.63, 3.8) is 0 Å². The predicted molar refractivity (Wildman–Crippen MR) is 96.6 cm³/mol. The Bertz CT molecular complexity index is 935. The summed E-state index contributed by atoms with van der Waals surface area (Å²) >= 11 is 0. The molecule has 0 spiro atoms. The van der Waals surface area contributed by atoms with Crippen molar-refractivity contribution in [2.75, 3.05) is 0 Å². The monoisotopic (exact) mass is 390 g/mol. The zero-order chi connectivity index (χ0) is 20.2. The lowest BCUT2D eigenvalue weighted by atomic mass is 9.87. The molecule has 5 nitrogen and oxygen atoms in total. The first-order valence-corrected chi connectivity index (χ1v) is 8.96. The number of aliphatic carboxylic acids is 1. The van der Waals surface area contributed by atoms with Crippen LogP contribution in [-0.4, -0.2) is 23.8 Å². The van der Waals surface area contributed by atoms with Gasteiger partial charge in [-0.15, -0.1) is 0 Å². The maximum absolute atomic E-state index is 12.9. The number of carboxylic acids is 1. The smallest absolute Gasteiger partial charge is 0.387 e. The number of halogens is 2. The van der Waals surface area contributed by atoms with E-state index in [0.29, 0.717) is 11.5 Å². The van der Waals surface area contributed by atoms with Gasteiger partial charge in [-0.25, -0.2) is 0 Å². The highest BCUT2D eigenvalue weighted by Crippen LogP contribution is 2.59. The maximum atomic E-state index is 12.9. The number of benzene rings is 2. The standard InChI is InChI=1S/C21H20F2O5/c1-21(2,3)10-4-7-13(15(8-10)28-20(22)23)26-11-5-6-12-14(9-11)27-18-16(12)17(18)19(24)25/h4-9,16-18,20H,1-3H3,(H,24,25)/t16?,17?,18-/m1/s1. The lowest BCUT2D eigenvalue weighted by Gasteiger charge is -2.21. The summed E-state index contributed by atoms with van der Waals surface area (Å²) in [6, 6.07) is 10.0. The average Bonchev–Trinajstić information content (AvgIpc) is 3.18. The Balaban J connectivity index is 1.59. The minimum Gasteiger partial charge on any atom is -0.488 e. The fraction of sp³-hybridized carbons (Fsp3) is 0.381. The molecule has 1 fully saturated rings. The highest BCUT2D eigenvalue weighted by Gasteiger charge is 2.63. The van der Waals surface area contributed by atoms with Crippen LogP contribution >= 0.6 is 0 Å². The van der Waals surface area contributed by atoms with Crippen molar-refractivity contribution in [2.24, 2.45) is 5.92 Å². The minimum absolute atomic E-state index is 0.0439. The summed E-state index contributed by atoms with van der Waals surface area (Å²) in [6.45, 7) is 2.95.